The summed E-state index contributed by atoms with van der Waals surface area (Å²) in [5.74, 6) is -0.582. The highest BCUT2D eigenvalue weighted by Crippen LogP contribution is 2.32. The molecule has 4 rings (SSSR count). The van der Waals surface area contributed by atoms with Gasteiger partial charge in [0.15, 0.2) is 0 Å². The van der Waals surface area contributed by atoms with Crippen molar-refractivity contribution in [3.63, 3.8) is 0 Å². The van der Waals surface area contributed by atoms with Gasteiger partial charge in [0.25, 0.3) is 5.91 Å². The fourth-order valence-corrected chi connectivity index (χ4v) is 4.78. The summed E-state index contributed by atoms with van der Waals surface area (Å²) in [6.07, 6.45) is 4.24. The van der Waals surface area contributed by atoms with Crippen LogP contribution in [0.3, 0.4) is 0 Å². The van der Waals surface area contributed by atoms with Gasteiger partial charge in [-0.1, -0.05) is 12.1 Å². The maximum atomic E-state index is 13.4. The van der Waals surface area contributed by atoms with E-state index in [0.717, 1.165) is 38.8 Å². The maximum Gasteiger partial charge on any atom is 0.387 e. The lowest BCUT2D eigenvalue weighted by Crippen LogP contribution is -2.52. The van der Waals surface area contributed by atoms with Crippen molar-refractivity contribution in [3.05, 3.63) is 29.8 Å². The van der Waals surface area contributed by atoms with Gasteiger partial charge in [-0.05, 0) is 50.8 Å². The molecule has 0 radical (unpaired) electrons. The molecule has 3 atom stereocenters. The van der Waals surface area contributed by atoms with E-state index >= 15 is 0 Å². The van der Waals surface area contributed by atoms with Crippen LogP contribution in [0.2, 0.25) is 0 Å². The molecule has 0 aliphatic carbocycles. The van der Waals surface area contributed by atoms with Crippen molar-refractivity contribution in [2.45, 2.75) is 56.8 Å². The molecule has 3 unspecified atom stereocenters. The Morgan fingerprint density at radius 2 is 1.86 bits per heavy atom. The number of benzene rings is 1. The number of alkyl halides is 2. The molecule has 9 heteroatoms. The number of halogens is 3. The Morgan fingerprint density at radius 1 is 1.10 bits per heavy atom. The van der Waals surface area contributed by atoms with Gasteiger partial charge in [0, 0.05) is 25.2 Å². The van der Waals surface area contributed by atoms with Crippen molar-refractivity contribution >= 4 is 24.2 Å². The van der Waals surface area contributed by atoms with Crippen LogP contribution >= 0.6 is 12.4 Å². The number of carbonyl (C=O) groups is 2. The molecule has 0 spiro atoms. The standard InChI is InChI=1S/C20H25F2N3O3.ClH/c21-20(22)28-17-6-2-1-4-15(17)18(26)24-11-3-5-16(24)19(27)25-13-7-8-14(25)12-23-10-9-13;/h1-2,4,6,13-14,16,20,23H,3,5,7-12H2;1H. The van der Waals surface area contributed by atoms with E-state index in [4.69, 9.17) is 0 Å². The van der Waals surface area contributed by atoms with Gasteiger partial charge in [0.1, 0.15) is 11.8 Å². The third kappa shape index (κ3) is 4.33. The zero-order valence-electron chi connectivity index (χ0n) is 16.1. The van der Waals surface area contributed by atoms with E-state index in [1.54, 1.807) is 12.1 Å². The number of nitrogens with zero attached hydrogens (tertiary/aromatic N) is 2. The van der Waals surface area contributed by atoms with Crippen molar-refractivity contribution in [1.29, 1.82) is 0 Å². The van der Waals surface area contributed by atoms with E-state index in [1.807, 2.05) is 4.90 Å². The van der Waals surface area contributed by atoms with Gasteiger partial charge >= 0.3 is 6.61 Å². The van der Waals surface area contributed by atoms with E-state index in [1.165, 1.54) is 17.0 Å². The quantitative estimate of drug-likeness (QED) is 0.799. The second kappa shape index (κ2) is 9.26. The van der Waals surface area contributed by atoms with Crippen molar-refractivity contribution in [1.82, 2.24) is 15.1 Å². The molecule has 3 saturated heterocycles. The Labute approximate surface area is 175 Å². The minimum atomic E-state index is -3.01. The van der Waals surface area contributed by atoms with Crippen LogP contribution < -0.4 is 10.1 Å². The molecule has 3 aliphatic rings. The Balaban J connectivity index is 0.00000240. The fourth-order valence-electron chi connectivity index (χ4n) is 4.78. The molecule has 3 heterocycles. The first kappa shape index (κ1) is 21.8. The minimum absolute atomic E-state index is 0. The van der Waals surface area contributed by atoms with Crippen molar-refractivity contribution < 1.29 is 23.1 Å². The van der Waals surface area contributed by atoms with Gasteiger partial charge in [0.2, 0.25) is 5.91 Å². The number of likely N-dealkylation sites (tertiary alicyclic amines) is 1. The average molecular weight is 430 g/mol. The lowest BCUT2D eigenvalue weighted by molar-refractivity contribution is -0.138. The molecule has 2 bridgehead atoms. The Bertz CT molecular complexity index is 737. The van der Waals surface area contributed by atoms with Crippen LogP contribution in [0.5, 0.6) is 5.75 Å². The number of amides is 2. The minimum Gasteiger partial charge on any atom is -0.434 e. The second-order valence-electron chi connectivity index (χ2n) is 7.65. The summed E-state index contributed by atoms with van der Waals surface area (Å²) in [4.78, 5) is 30.0. The normalized spacial score (nSPS) is 26.2. The van der Waals surface area contributed by atoms with E-state index in [2.05, 4.69) is 10.1 Å². The highest BCUT2D eigenvalue weighted by Gasteiger charge is 2.44. The molecule has 2 amide bonds. The van der Waals surface area contributed by atoms with Crippen LogP contribution in [-0.2, 0) is 4.79 Å². The largest absolute Gasteiger partial charge is 0.434 e. The number of ether oxygens (including phenoxy) is 1. The van der Waals surface area contributed by atoms with Crippen LogP contribution in [-0.4, -0.2) is 66.0 Å². The molecular formula is C20H26ClF2N3O3. The highest BCUT2D eigenvalue weighted by molar-refractivity contribution is 6.00. The van der Waals surface area contributed by atoms with Gasteiger partial charge in [-0.15, -0.1) is 12.4 Å². The summed E-state index contributed by atoms with van der Waals surface area (Å²) < 4.78 is 29.9. The molecule has 1 aromatic carbocycles. The number of fused-ring (bicyclic) bond motifs is 2. The fraction of sp³-hybridized carbons (Fsp3) is 0.600. The van der Waals surface area contributed by atoms with E-state index in [0.29, 0.717) is 13.0 Å². The number of para-hydroxylation sites is 1. The van der Waals surface area contributed by atoms with Crippen LogP contribution in [0.25, 0.3) is 0 Å². The predicted octanol–water partition coefficient (Wildman–Crippen LogP) is 2.67. The highest BCUT2D eigenvalue weighted by atomic mass is 35.5. The third-order valence-electron chi connectivity index (χ3n) is 6.04. The van der Waals surface area contributed by atoms with Crippen LogP contribution in [0, 0.1) is 0 Å². The van der Waals surface area contributed by atoms with Crippen molar-refractivity contribution in [2.24, 2.45) is 0 Å². The molecule has 0 saturated carbocycles. The lowest BCUT2D eigenvalue weighted by atomic mass is 10.1. The first-order valence-electron chi connectivity index (χ1n) is 9.94. The van der Waals surface area contributed by atoms with Crippen LogP contribution in [0.1, 0.15) is 42.5 Å². The zero-order chi connectivity index (χ0) is 19.7. The maximum absolute atomic E-state index is 13.4. The van der Waals surface area contributed by atoms with Crippen molar-refractivity contribution in [2.75, 3.05) is 19.6 Å². The first-order valence-corrected chi connectivity index (χ1v) is 9.94. The van der Waals surface area contributed by atoms with E-state index in [-0.39, 0.29) is 41.7 Å². The van der Waals surface area contributed by atoms with Crippen LogP contribution in [0.4, 0.5) is 8.78 Å². The van der Waals surface area contributed by atoms with Crippen LogP contribution in [0.15, 0.2) is 24.3 Å². The summed E-state index contributed by atoms with van der Waals surface area (Å²) in [5, 5.41) is 3.38. The molecule has 1 N–H and O–H groups in total. The molecule has 160 valence electrons. The topological polar surface area (TPSA) is 61.9 Å². The Kier molecular flexibility index (Phi) is 6.95. The molecule has 3 fully saturated rings. The number of nitrogens with one attached hydrogen (secondary N) is 1. The number of hydrogen-bond acceptors (Lipinski definition) is 4. The Hall–Kier alpha value is -1.93. The van der Waals surface area contributed by atoms with Gasteiger partial charge in [-0.3, -0.25) is 9.59 Å². The van der Waals surface area contributed by atoms with Gasteiger partial charge in [-0.25, -0.2) is 0 Å². The molecule has 3 aliphatic heterocycles. The first-order chi connectivity index (χ1) is 13.6. The SMILES string of the molecule is Cl.O=C(c1ccccc1OC(F)F)N1CCCC1C(=O)N1C2CCNCC1CC2. The third-order valence-corrected chi connectivity index (χ3v) is 6.04. The van der Waals surface area contributed by atoms with Gasteiger partial charge in [-0.2, -0.15) is 8.78 Å². The summed E-state index contributed by atoms with van der Waals surface area (Å²) in [5.41, 5.74) is 0.0722. The van der Waals surface area contributed by atoms with Crippen molar-refractivity contribution in [3.8, 4) is 5.75 Å². The summed E-state index contributed by atoms with van der Waals surface area (Å²) in [7, 11) is 0. The molecular weight excluding hydrogens is 404 g/mol. The molecule has 6 nitrogen and oxygen atoms in total. The summed E-state index contributed by atoms with van der Waals surface area (Å²) >= 11 is 0. The Morgan fingerprint density at radius 3 is 2.66 bits per heavy atom. The average Bonchev–Trinajstić information content (AvgIpc) is 3.24. The second-order valence-corrected chi connectivity index (χ2v) is 7.65. The summed E-state index contributed by atoms with van der Waals surface area (Å²) in [6, 6.07) is 5.84. The summed E-state index contributed by atoms with van der Waals surface area (Å²) in [6.45, 7) is -0.880. The predicted molar refractivity (Wildman–Crippen MR) is 106 cm³/mol. The lowest BCUT2D eigenvalue weighted by Gasteiger charge is -2.34. The van der Waals surface area contributed by atoms with Gasteiger partial charge in [0.05, 0.1) is 5.56 Å². The monoisotopic (exact) mass is 429 g/mol. The van der Waals surface area contributed by atoms with E-state index in [9.17, 15) is 18.4 Å². The number of hydrogen-bond donors (Lipinski definition) is 1. The molecule has 29 heavy (non-hydrogen) atoms. The smallest absolute Gasteiger partial charge is 0.387 e. The van der Waals surface area contributed by atoms with Gasteiger partial charge < -0.3 is 19.9 Å². The number of rotatable bonds is 4. The number of carbonyl (C=O) groups excluding carboxylic acids is 2. The van der Waals surface area contributed by atoms with E-state index < -0.39 is 18.6 Å². The molecule has 0 aromatic heterocycles. The zero-order valence-corrected chi connectivity index (χ0v) is 16.9. The molecule has 1 aromatic rings.